The molecule has 0 saturated heterocycles. The van der Waals surface area contributed by atoms with E-state index < -0.39 is 5.97 Å². The van der Waals surface area contributed by atoms with E-state index in [0.29, 0.717) is 23.7 Å². The van der Waals surface area contributed by atoms with E-state index in [2.05, 4.69) is 15.1 Å². The Bertz CT molecular complexity index is 660. The molecule has 0 N–H and O–H groups in total. The van der Waals surface area contributed by atoms with Gasteiger partial charge in [-0.05, 0) is 19.9 Å². The Balaban J connectivity index is 2.62. The van der Waals surface area contributed by atoms with E-state index in [9.17, 15) is 4.79 Å². The third kappa shape index (κ3) is 2.76. The van der Waals surface area contributed by atoms with E-state index in [-0.39, 0.29) is 0 Å². The van der Waals surface area contributed by atoms with Crippen LogP contribution in [0.2, 0.25) is 0 Å². The number of nitrogens with zero attached hydrogens (tertiary/aromatic N) is 5. The predicted molar refractivity (Wildman–Crippen MR) is 73.8 cm³/mol. The molecule has 2 aromatic heterocycles. The van der Waals surface area contributed by atoms with Crippen LogP contribution in [0.25, 0.3) is 11.4 Å². The largest absolute Gasteiger partial charge is 0.462 e. The number of ether oxygens (including phenoxy) is 1. The van der Waals surface area contributed by atoms with Crippen LogP contribution in [0.4, 0.5) is 0 Å². The molecular weight excluding hydrogens is 258 g/mol. The zero-order chi connectivity index (χ0) is 14.7. The number of fused-ring (bicyclic) bond motifs is 1. The Morgan fingerprint density at radius 3 is 2.90 bits per heavy atom. The van der Waals surface area contributed by atoms with Crippen LogP contribution < -0.4 is 0 Å². The smallest absolute Gasteiger partial charge is 0.341 e. The lowest BCUT2D eigenvalue weighted by molar-refractivity contribution is -0.136. The van der Waals surface area contributed by atoms with Crippen molar-refractivity contribution >= 4 is 17.3 Å². The average Bonchev–Trinajstić information content (AvgIpc) is 2.83. The molecule has 0 bridgehead atoms. The zero-order valence-electron chi connectivity index (χ0n) is 12.0. The van der Waals surface area contributed by atoms with Gasteiger partial charge in [-0.3, -0.25) is 0 Å². The first-order valence-electron chi connectivity index (χ1n) is 6.26. The van der Waals surface area contributed by atoms with Crippen LogP contribution in [0.15, 0.2) is 18.6 Å². The highest BCUT2D eigenvalue weighted by Crippen LogP contribution is 2.18. The van der Waals surface area contributed by atoms with Crippen LogP contribution >= 0.6 is 0 Å². The van der Waals surface area contributed by atoms with E-state index in [1.54, 1.807) is 24.1 Å². The van der Waals surface area contributed by atoms with Gasteiger partial charge in [0, 0.05) is 26.0 Å². The molecule has 0 saturated carbocycles. The maximum absolute atomic E-state index is 12.2. The van der Waals surface area contributed by atoms with Crippen molar-refractivity contribution in [2.45, 2.75) is 13.8 Å². The molecule has 0 spiro atoms. The van der Waals surface area contributed by atoms with Gasteiger partial charge in [-0.1, -0.05) is 0 Å². The summed E-state index contributed by atoms with van der Waals surface area (Å²) in [6.07, 6.45) is 3.11. The van der Waals surface area contributed by atoms with E-state index in [1.807, 2.05) is 21.0 Å². The van der Waals surface area contributed by atoms with Crippen molar-refractivity contribution in [2.75, 3.05) is 20.7 Å². The molecule has 0 radical (unpaired) electrons. The van der Waals surface area contributed by atoms with Crippen LogP contribution in [0.5, 0.6) is 0 Å². The zero-order valence-corrected chi connectivity index (χ0v) is 12.0. The molecule has 0 unspecified atom stereocenters. The summed E-state index contributed by atoms with van der Waals surface area (Å²) in [5, 5.41) is 4.11. The van der Waals surface area contributed by atoms with Gasteiger partial charge in [0.2, 0.25) is 0 Å². The summed E-state index contributed by atoms with van der Waals surface area (Å²) in [6.45, 7) is 3.93. The molecule has 2 rings (SSSR count). The fourth-order valence-electron chi connectivity index (χ4n) is 1.81. The van der Waals surface area contributed by atoms with Gasteiger partial charge < -0.3 is 9.64 Å². The van der Waals surface area contributed by atoms with Gasteiger partial charge in [-0.15, -0.1) is 0 Å². The van der Waals surface area contributed by atoms with Crippen LogP contribution in [-0.4, -0.2) is 51.2 Å². The summed E-state index contributed by atoms with van der Waals surface area (Å²) in [6, 6.07) is 1.79. The maximum Gasteiger partial charge on any atom is 0.341 e. The highest BCUT2D eigenvalue weighted by atomic mass is 16.5. The number of carbonyl (C=O) groups is 1. The first-order valence-corrected chi connectivity index (χ1v) is 6.26. The second-order valence-electron chi connectivity index (χ2n) is 4.48. The first-order chi connectivity index (χ1) is 9.52. The number of esters is 1. The SMILES string of the molecule is CCOC(=O)/C(=C/N(C)C)c1cc(C)nc2ncnn12. The third-order valence-corrected chi connectivity index (χ3v) is 2.54. The van der Waals surface area contributed by atoms with E-state index in [4.69, 9.17) is 4.74 Å². The number of hydrogen-bond donors (Lipinski definition) is 0. The molecule has 20 heavy (non-hydrogen) atoms. The topological polar surface area (TPSA) is 72.6 Å². The van der Waals surface area contributed by atoms with E-state index in [0.717, 1.165) is 5.69 Å². The number of hydrogen-bond acceptors (Lipinski definition) is 6. The summed E-state index contributed by atoms with van der Waals surface area (Å²) in [7, 11) is 3.68. The van der Waals surface area contributed by atoms with E-state index in [1.165, 1.54) is 10.8 Å². The second-order valence-corrected chi connectivity index (χ2v) is 4.48. The highest BCUT2D eigenvalue weighted by molar-refractivity contribution is 6.15. The van der Waals surface area contributed by atoms with Crippen molar-refractivity contribution < 1.29 is 9.53 Å². The molecule has 7 nitrogen and oxygen atoms in total. The number of rotatable bonds is 4. The molecule has 0 fully saturated rings. The molecule has 2 aromatic rings. The minimum atomic E-state index is -0.399. The normalized spacial score (nSPS) is 11.7. The van der Waals surface area contributed by atoms with Gasteiger partial charge in [0.05, 0.1) is 12.3 Å². The van der Waals surface area contributed by atoms with Crippen LogP contribution in [0.1, 0.15) is 18.3 Å². The molecule has 7 heteroatoms. The van der Waals surface area contributed by atoms with Gasteiger partial charge in [-0.25, -0.2) is 9.78 Å². The first kappa shape index (κ1) is 14.0. The summed E-state index contributed by atoms with van der Waals surface area (Å²) >= 11 is 0. The van der Waals surface area contributed by atoms with Crippen LogP contribution in [0, 0.1) is 6.92 Å². The summed E-state index contributed by atoms with van der Waals surface area (Å²) in [5.74, 6) is 0.0533. The number of aryl methyl sites for hydroxylation is 1. The Morgan fingerprint density at radius 1 is 1.50 bits per heavy atom. The lowest BCUT2D eigenvalue weighted by atomic mass is 10.1. The molecule has 2 heterocycles. The summed E-state index contributed by atoms with van der Waals surface area (Å²) in [5.41, 5.74) is 1.78. The van der Waals surface area contributed by atoms with Crippen molar-refractivity contribution in [3.05, 3.63) is 30.0 Å². The van der Waals surface area contributed by atoms with Crippen molar-refractivity contribution in [3.63, 3.8) is 0 Å². The Labute approximate surface area is 116 Å². The van der Waals surface area contributed by atoms with Gasteiger partial charge in [-0.2, -0.15) is 14.6 Å². The Hall–Kier alpha value is -2.44. The molecule has 0 aromatic carbocycles. The molecule has 0 aliphatic rings. The second kappa shape index (κ2) is 5.68. The minimum absolute atomic E-state index is 0.314. The molecule has 0 aliphatic heterocycles. The molecule has 0 atom stereocenters. The highest BCUT2D eigenvalue weighted by Gasteiger charge is 2.18. The van der Waals surface area contributed by atoms with Crippen LogP contribution in [-0.2, 0) is 9.53 Å². The van der Waals surface area contributed by atoms with Crippen molar-refractivity contribution in [3.8, 4) is 0 Å². The fraction of sp³-hybridized carbons (Fsp3) is 0.385. The van der Waals surface area contributed by atoms with Gasteiger partial charge in [0.1, 0.15) is 11.9 Å². The predicted octanol–water partition coefficient (Wildman–Crippen LogP) is 0.898. The molecule has 0 amide bonds. The Kier molecular flexibility index (Phi) is 3.97. The number of aromatic nitrogens is 4. The third-order valence-electron chi connectivity index (χ3n) is 2.54. The quantitative estimate of drug-likeness (QED) is 0.609. The van der Waals surface area contributed by atoms with E-state index >= 15 is 0 Å². The van der Waals surface area contributed by atoms with Crippen molar-refractivity contribution in [1.29, 1.82) is 0 Å². The standard InChI is InChI=1S/C13H17N5O2/c1-5-20-12(19)10(7-17(3)4)11-6-9(2)16-13-14-8-15-18(11)13/h6-8H,5H2,1-4H3/b10-7+. The fourth-order valence-corrected chi connectivity index (χ4v) is 1.81. The van der Waals surface area contributed by atoms with Gasteiger partial charge >= 0.3 is 5.97 Å². The van der Waals surface area contributed by atoms with Gasteiger partial charge in [0.15, 0.2) is 0 Å². The monoisotopic (exact) mass is 275 g/mol. The lowest BCUT2D eigenvalue weighted by Gasteiger charge is -2.12. The van der Waals surface area contributed by atoms with Crippen LogP contribution in [0.3, 0.4) is 0 Å². The average molecular weight is 275 g/mol. The molecule has 0 aliphatic carbocycles. The summed E-state index contributed by atoms with van der Waals surface area (Å²) < 4.78 is 6.64. The number of carbonyl (C=O) groups excluding carboxylic acids is 1. The maximum atomic E-state index is 12.2. The lowest BCUT2D eigenvalue weighted by Crippen LogP contribution is -2.15. The molecular formula is C13H17N5O2. The van der Waals surface area contributed by atoms with Crippen molar-refractivity contribution in [2.24, 2.45) is 0 Å². The van der Waals surface area contributed by atoms with Crippen molar-refractivity contribution in [1.82, 2.24) is 24.5 Å². The van der Waals surface area contributed by atoms with Gasteiger partial charge in [0.25, 0.3) is 5.78 Å². The minimum Gasteiger partial charge on any atom is -0.462 e. The molecule has 106 valence electrons. The summed E-state index contributed by atoms with van der Waals surface area (Å²) in [4.78, 5) is 22.3. The Morgan fingerprint density at radius 2 is 2.25 bits per heavy atom.